The van der Waals surface area contributed by atoms with Crippen LogP contribution in [0.3, 0.4) is 0 Å². The van der Waals surface area contributed by atoms with E-state index in [-0.39, 0.29) is 11.8 Å². The second kappa shape index (κ2) is 27.5. The first-order chi connectivity index (χ1) is 34.6. The first-order valence-corrected chi connectivity index (χ1v) is 25.7. The molecule has 0 aliphatic carbocycles. The van der Waals surface area contributed by atoms with E-state index < -0.39 is 0 Å². The molecule has 0 bridgehead atoms. The third-order valence-electron chi connectivity index (χ3n) is 12.9. The zero-order valence-electron chi connectivity index (χ0n) is 40.5. The van der Waals surface area contributed by atoms with Crippen LogP contribution in [0.1, 0.15) is 43.4 Å². The smallest absolute Gasteiger partial charge is 0.236 e. The normalized spacial score (nSPS) is 18.6. The molecule has 0 unspecified atom stereocenters. The van der Waals surface area contributed by atoms with Gasteiger partial charge in [-0.05, 0) is 38.5 Å². The number of nitrogens with two attached hydrogens (primary N) is 2. The average molecular weight is 1020 g/mol. The molecule has 25 heteroatoms. The Morgan fingerprint density at radius 3 is 1.44 bits per heavy atom. The molecule has 71 heavy (non-hydrogen) atoms. The Bertz CT molecular complexity index is 2320. The van der Waals surface area contributed by atoms with Crippen LogP contribution in [0.15, 0.2) is 43.4 Å². The lowest BCUT2D eigenvalue weighted by atomic mass is 10.3. The van der Waals surface area contributed by atoms with Gasteiger partial charge in [0.25, 0.3) is 0 Å². The Labute approximate surface area is 424 Å². The molecule has 3 amide bonds. The predicted octanol–water partition coefficient (Wildman–Crippen LogP) is 1.32. The molecular formula is C46H67ClN20O3S. The molecule has 0 aromatic carbocycles. The highest BCUT2D eigenvalue weighted by Gasteiger charge is 2.26. The van der Waals surface area contributed by atoms with Crippen molar-refractivity contribution < 1.29 is 14.4 Å². The Morgan fingerprint density at radius 2 is 1.01 bits per heavy atom. The highest BCUT2D eigenvalue weighted by Crippen LogP contribution is 2.23. The van der Waals surface area contributed by atoms with Crippen LogP contribution in [-0.2, 0) is 14.4 Å². The van der Waals surface area contributed by atoms with Crippen molar-refractivity contribution in [3.05, 3.63) is 53.4 Å². The van der Waals surface area contributed by atoms with E-state index in [1.54, 1.807) is 6.07 Å². The minimum atomic E-state index is 0.250. The molecule has 4 aromatic rings. The van der Waals surface area contributed by atoms with Crippen LogP contribution in [0.2, 0.25) is 5.15 Å². The maximum atomic E-state index is 12.3. The first-order valence-electron chi connectivity index (χ1n) is 24.5. The summed E-state index contributed by atoms with van der Waals surface area (Å²) in [6, 6.07) is 7.25. The zero-order valence-corrected chi connectivity index (χ0v) is 42.0. The van der Waals surface area contributed by atoms with Crippen molar-refractivity contribution in [1.29, 1.82) is 5.26 Å². The van der Waals surface area contributed by atoms with E-state index in [4.69, 9.17) is 28.3 Å². The summed E-state index contributed by atoms with van der Waals surface area (Å²) in [4.78, 5) is 82.0. The standard InChI is InChI=1S/C18H22N8OS.C14H22N6O.C10H19N3O.C4H4ClN3/c19-10-14-11-20-18(28-14)23-15-9-16(22-13-21-15)25-7-5-24(6-8-25)12-17(27)26-3-1-2-4-26;15-12-9-13(17-11-16-12)19-7-5-18(6-8-19)10-14(21)20-3-1-2-4-20;14-10(13-5-1-2-6-13)9-12-7-3-11-4-8-12;5-3-1-4(6)8-2-7-3/h9,11,13H,1-8,12H2,(H,20,21,22,23);9,11H,1-8,10H2,(H2,15,16,17);11H,1-9H2;1-2H,(H2,6,7,8). The number of carbonyl (C=O) groups is 3. The number of amides is 3. The molecule has 0 atom stereocenters. The summed E-state index contributed by atoms with van der Waals surface area (Å²) >= 11 is 6.70. The molecule has 23 nitrogen and oxygen atoms in total. The van der Waals surface area contributed by atoms with Crippen LogP contribution < -0.4 is 31.9 Å². The van der Waals surface area contributed by atoms with Gasteiger partial charge in [-0.2, -0.15) is 5.26 Å². The Morgan fingerprint density at radius 1 is 0.577 bits per heavy atom. The number of nitrogens with zero attached hydrogens (tertiary/aromatic N) is 16. The third kappa shape index (κ3) is 17.0. The summed E-state index contributed by atoms with van der Waals surface area (Å²) in [5, 5.41) is 16.3. The molecule has 6 aliphatic rings. The van der Waals surface area contributed by atoms with Crippen LogP contribution in [-0.4, -0.2) is 219 Å². The minimum Gasteiger partial charge on any atom is -0.384 e. The van der Waals surface area contributed by atoms with Crippen LogP contribution in [0.4, 0.5) is 34.2 Å². The van der Waals surface area contributed by atoms with Gasteiger partial charge in [-0.1, -0.05) is 22.9 Å². The molecule has 0 saturated carbocycles. The first kappa shape index (κ1) is 52.7. The summed E-state index contributed by atoms with van der Waals surface area (Å²) in [5.41, 5.74) is 10.9. The number of piperazine rings is 3. The van der Waals surface area contributed by atoms with Gasteiger partial charge in [-0.25, -0.2) is 34.9 Å². The fourth-order valence-electron chi connectivity index (χ4n) is 8.88. The maximum Gasteiger partial charge on any atom is 0.236 e. The molecule has 6 N–H and O–H groups in total. The van der Waals surface area contributed by atoms with E-state index in [1.807, 2.05) is 20.8 Å². The molecular weight excluding hydrogens is 948 g/mol. The van der Waals surface area contributed by atoms with Crippen LogP contribution >= 0.6 is 22.9 Å². The van der Waals surface area contributed by atoms with Crippen LogP contribution in [0, 0.1) is 11.3 Å². The van der Waals surface area contributed by atoms with E-state index in [9.17, 15) is 14.4 Å². The molecule has 0 spiro atoms. The van der Waals surface area contributed by atoms with Crippen molar-refractivity contribution in [2.45, 2.75) is 38.5 Å². The quantitative estimate of drug-likeness (QED) is 0.163. The van der Waals surface area contributed by atoms with Gasteiger partial charge in [0, 0.05) is 136 Å². The zero-order chi connectivity index (χ0) is 49.8. The molecule has 6 saturated heterocycles. The topological polar surface area (TPSA) is 267 Å². The number of halogens is 1. The molecule has 6 fully saturated rings. The van der Waals surface area contributed by atoms with E-state index in [2.05, 4.69) is 76.1 Å². The summed E-state index contributed by atoms with van der Waals surface area (Å²) in [6.45, 7) is 18.2. The number of carbonyl (C=O) groups excluding carboxylic acids is 3. The van der Waals surface area contributed by atoms with Gasteiger partial charge in [0.1, 0.15) is 64.2 Å². The Kier molecular flexibility index (Phi) is 20.4. The Balaban J connectivity index is 0.000000151. The highest BCUT2D eigenvalue weighted by molar-refractivity contribution is 7.16. The lowest BCUT2D eigenvalue weighted by Crippen LogP contribution is -2.50. The van der Waals surface area contributed by atoms with Gasteiger partial charge in [-0.15, -0.1) is 0 Å². The molecule has 4 aromatic heterocycles. The molecule has 382 valence electrons. The second-order valence-corrected chi connectivity index (χ2v) is 19.3. The number of thiazole rings is 1. The van der Waals surface area contributed by atoms with Crippen molar-refractivity contribution >= 4 is 74.9 Å². The fraction of sp³-hybridized carbons (Fsp3) is 0.587. The fourth-order valence-corrected chi connectivity index (χ4v) is 9.65. The number of nitriles is 1. The highest BCUT2D eigenvalue weighted by atomic mass is 35.5. The number of aromatic nitrogens is 7. The van der Waals surface area contributed by atoms with Crippen molar-refractivity contribution in [3.63, 3.8) is 0 Å². The molecule has 10 heterocycles. The van der Waals surface area contributed by atoms with Gasteiger partial charge in [0.2, 0.25) is 17.7 Å². The van der Waals surface area contributed by atoms with Crippen molar-refractivity contribution in [3.8, 4) is 6.07 Å². The maximum absolute atomic E-state index is 12.3. The van der Waals surface area contributed by atoms with Gasteiger partial charge >= 0.3 is 0 Å². The van der Waals surface area contributed by atoms with E-state index in [0.29, 0.717) is 58.2 Å². The van der Waals surface area contributed by atoms with Crippen LogP contribution in [0.25, 0.3) is 0 Å². The molecule has 10 rings (SSSR count). The third-order valence-corrected chi connectivity index (χ3v) is 13.9. The monoisotopic (exact) mass is 1010 g/mol. The lowest BCUT2D eigenvalue weighted by molar-refractivity contribution is -0.132. The molecule has 6 aliphatic heterocycles. The summed E-state index contributed by atoms with van der Waals surface area (Å²) in [6.07, 6.45) is 12.8. The number of rotatable bonds is 10. The second-order valence-electron chi connectivity index (χ2n) is 17.9. The minimum absolute atomic E-state index is 0.250. The largest absolute Gasteiger partial charge is 0.384 e. The van der Waals surface area contributed by atoms with Gasteiger partial charge in [0.15, 0.2) is 5.13 Å². The van der Waals surface area contributed by atoms with Gasteiger partial charge in [-0.3, -0.25) is 29.1 Å². The summed E-state index contributed by atoms with van der Waals surface area (Å²) in [7, 11) is 0. The number of nitrogen functional groups attached to an aromatic ring is 2. The Hall–Kier alpha value is -6.10. The predicted molar refractivity (Wildman–Crippen MR) is 274 cm³/mol. The van der Waals surface area contributed by atoms with Crippen molar-refractivity contribution in [2.75, 3.05) is 164 Å². The number of hydrogen-bond donors (Lipinski definition) is 4. The van der Waals surface area contributed by atoms with E-state index >= 15 is 0 Å². The lowest BCUT2D eigenvalue weighted by Gasteiger charge is -2.35. The summed E-state index contributed by atoms with van der Waals surface area (Å²) in [5.74, 6) is 4.09. The SMILES string of the molecule is N#Cc1cnc(Nc2cc(N3CCN(CC(=O)N4CCCC4)CC3)ncn2)s1.Nc1cc(Cl)ncn1.Nc1cc(N2CCN(CC(=O)N3CCCC3)CC2)ncn1.O=C(CN1CCNCC1)N1CCCC1. The van der Waals surface area contributed by atoms with E-state index in [1.165, 1.54) is 55.4 Å². The number of anilines is 6. The van der Waals surface area contributed by atoms with Crippen molar-refractivity contribution in [2.24, 2.45) is 0 Å². The van der Waals surface area contributed by atoms with Gasteiger partial charge < -0.3 is 46.6 Å². The number of hydrogen-bond acceptors (Lipinski definition) is 21. The van der Waals surface area contributed by atoms with Crippen molar-refractivity contribution in [1.82, 2.24) is 69.6 Å². The number of nitrogens with one attached hydrogen (secondary N) is 2. The average Bonchev–Trinajstić information content (AvgIpc) is 4.26. The van der Waals surface area contributed by atoms with Gasteiger partial charge in [0.05, 0.1) is 25.8 Å². The van der Waals surface area contributed by atoms with Crippen LogP contribution in [0.5, 0.6) is 0 Å². The molecule has 0 radical (unpaired) electrons. The summed E-state index contributed by atoms with van der Waals surface area (Å²) < 4.78 is 0. The van der Waals surface area contributed by atoms with E-state index in [0.717, 1.165) is 155 Å². The number of likely N-dealkylation sites (tertiary alicyclic amines) is 3.